The lowest BCUT2D eigenvalue weighted by Gasteiger charge is -2.24. The second-order valence-corrected chi connectivity index (χ2v) is 8.78. The van der Waals surface area contributed by atoms with E-state index in [-0.39, 0.29) is 17.1 Å². The molecule has 1 aliphatic heterocycles. The molecule has 1 aliphatic carbocycles. The summed E-state index contributed by atoms with van der Waals surface area (Å²) in [6.07, 6.45) is 3.01. The molecule has 4 rings (SSSR count). The van der Waals surface area contributed by atoms with Gasteiger partial charge in [0.15, 0.2) is 0 Å². The molecule has 2 aliphatic rings. The molecule has 0 atom stereocenters. The molecule has 1 heterocycles. The Bertz CT molecular complexity index is 892. The lowest BCUT2D eigenvalue weighted by Crippen LogP contribution is -2.36. The van der Waals surface area contributed by atoms with E-state index in [0.29, 0.717) is 6.54 Å². The van der Waals surface area contributed by atoms with E-state index in [4.69, 9.17) is 0 Å². The number of anilines is 1. The van der Waals surface area contributed by atoms with Crippen LogP contribution in [0.5, 0.6) is 0 Å². The van der Waals surface area contributed by atoms with Crippen molar-refractivity contribution in [2.75, 3.05) is 23.5 Å². The summed E-state index contributed by atoms with van der Waals surface area (Å²) in [7, 11) is -3.04. The van der Waals surface area contributed by atoms with Crippen molar-refractivity contribution in [3.8, 4) is 0 Å². The molecule has 1 amide bonds. The van der Waals surface area contributed by atoms with Crippen molar-refractivity contribution >= 4 is 32.2 Å². The smallest absolute Gasteiger partial charge is 0.259 e. The third-order valence-electron chi connectivity index (χ3n) is 4.67. The molecule has 114 valence electrons. The minimum atomic E-state index is -3.04. The van der Waals surface area contributed by atoms with E-state index < -0.39 is 9.84 Å². The first kappa shape index (κ1) is 13.8. The zero-order valence-corrected chi connectivity index (χ0v) is 13.2. The number of rotatable bonds is 4. The topological polar surface area (TPSA) is 54.5 Å². The van der Waals surface area contributed by atoms with E-state index in [0.717, 1.165) is 34.9 Å². The van der Waals surface area contributed by atoms with Gasteiger partial charge in [-0.2, -0.15) is 0 Å². The summed E-state index contributed by atoms with van der Waals surface area (Å²) < 4.78 is 23.3. The predicted octanol–water partition coefficient (Wildman–Crippen LogP) is 2.62. The van der Waals surface area contributed by atoms with Crippen LogP contribution in [0, 0.1) is 5.41 Å². The Labute approximate surface area is 129 Å². The van der Waals surface area contributed by atoms with E-state index in [1.807, 2.05) is 36.4 Å². The van der Waals surface area contributed by atoms with Gasteiger partial charge in [0.2, 0.25) is 0 Å². The number of benzene rings is 2. The number of sulfone groups is 1. The maximum atomic E-state index is 12.7. The quantitative estimate of drug-likeness (QED) is 0.871. The van der Waals surface area contributed by atoms with Gasteiger partial charge in [0.05, 0.1) is 11.4 Å². The molecule has 0 unspecified atom stereocenters. The normalized spacial score (nSPS) is 19.0. The Balaban J connectivity index is 1.74. The van der Waals surface area contributed by atoms with Crippen molar-refractivity contribution < 1.29 is 13.2 Å². The first-order valence-electron chi connectivity index (χ1n) is 7.40. The van der Waals surface area contributed by atoms with Gasteiger partial charge in [0.1, 0.15) is 9.84 Å². The highest BCUT2D eigenvalue weighted by Crippen LogP contribution is 2.49. The van der Waals surface area contributed by atoms with Gasteiger partial charge in [-0.3, -0.25) is 4.79 Å². The fourth-order valence-electron chi connectivity index (χ4n) is 3.55. The Morgan fingerprint density at radius 1 is 1.14 bits per heavy atom. The lowest BCUT2D eigenvalue weighted by molar-refractivity contribution is 0.0988. The lowest BCUT2D eigenvalue weighted by atomic mass is 10.1. The van der Waals surface area contributed by atoms with E-state index >= 15 is 0 Å². The number of nitrogens with zero attached hydrogens (tertiary/aromatic N) is 1. The van der Waals surface area contributed by atoms with Gasteiger partial charge in [-0.05, 0) is 30.4 Å². The molecule has 2 aromatic carbocycles. The summed E-state index contributed by atoms with van der Waals surface area (Å²) in [6, 6.07) is 11.7. The fourth-order valence-corrected chi connectivity index (χ4v) is 5.04. The van der Waals surface area contributed by atoms with Gasteiger partial charge in [-0.1, -0.05) is 24.3 Å². The first-order chi connectivity index (χ1) is 10.4. The Kier molecular flexibility index (Phi) is 2.70. The summed E-state index contributed by atoms with van der Waals surface area (Å²) >= 11 is 0. The number of carbonyl (C=O) groups is 1. The molecule has 0 aromatic heterocycles. The minimum absolute atomic E-state index is 0.00780. The van der Waals surface area contributed by atoms with Crippen LogP contribution in [0.3, 0.4) is 0 Å². The van der Waals surface area contributed by atoms with Crippen LogP contribution in [0.4, 0.5) is 5.69 Å². The van der Waals surface area contributed by atoms with Crippen molar-refractivity contribution in [1.82, 2.24) is 0 Å². The van der Waals surface area contributed by atoms with Crippen LogP contribution in [0.25, 0.3) is 10.8 Å². The fraction of sp³-hybridized carbons (Fsp3) is 0.353. The van der Waals surface area contributed by atoms with Crippen LogP contribution < -0.4 is 4.90 Å². The molecule has 22 heavy (non-hydrogen) atoms. The standard InChI is InChI=1S/C17H17NO3S/c1-22(20,21)11-17(8-9-17)10-18-14-7-3-5-12-4-2-6-13(15(12)14)16(18)19/h2-7H,8-11H2,1H3. The Morgan fingerprint density at radius 3 is 2.45 bits per heavy atom. The summed E-state index contributed by atoms with van der Waals surface area (Å²) in [5.41, 5.74) is 1.38. The molecular weight excluding hydrogens is 298 g/mol. The molecule has 5 heteroatoms. The van der Waals surface area contributed by atoms with Gasteiger partial charge in [-0.25, -0.2) is 8.42 Å². The zero-order valence-electron chi connectivity index (χ0n) is 12.4. The van der Waals surface area contributed by atoms with Crippen molar-refractivity contribution in [2.24, 2.45) is 5.41 Å². The van der Waals surface area contributed by atoms with Crippen LogP contribution in [0.2, 0.25) is 0 Å². The van der Waals surface area contributed by atoms with Crippen molar-refractivity contribution in [1.29, 1.82) is 0 Å². The molecule has 2 aromatic rings. The van der Waals surface area contributed by atoms with Crippen LogP contribution >= 0.6 is 0 Å². The largest absolute Gasteiger partial charge is 0.307 e. The SMILES string of the molecule is CS(=O)(=O)CC1(CN2C(=O)c3cccc4cccc2c34)CC1. The highest BCUT2D eigenvalue weighted by molar-refractivity contribution is 7.90. The van der Waals surface area contributed by atoms with Gasteiger partial charge in [0.25, 0.3) is 5.91 Å². The monoisotopic (exact) mass is 315 g/mol. The van der Waals surface area contributed by atoms with E-state index in [1.165, 1.54) is 6.26 Å². The zero-order chi connectivity index (χ0) is 15.5. The molecule has 0 radical (unpaired) electrons. The summed E-state index contributed by atoms with van der Waals surface area (Å²) in [5.74, 6) is 0.155. The number of carbonyl (C=O) groups excluding carboxylic acids is 1. The van der Waals surface area contributed by atoms with Crippen LogP contribution in [0.15, 0.2) is 36.4 Å². The average molecular weight is 315 g/mol. The number of hydrogen-bond donors (Lipinski definition) is 0. The van der Waals surface area contributed by atoms with Gasteiger partial charge < -0.3 is 4.90 Å². The molecule has 4 nitrogen and oxygen atoms in total. The van der Waals surface area contributed by atoms with Crippen LogP contribution in [0.1, 0.15) is 23.2 Å². The molecule has 0 bridgehead atoms. The molecule has 1 saturated carbocycles. The summed E-state index contributed by atoms with van der Waals surface area (Å²) in [4.78, 5) is 14.5. The molecule has 1 fully saturated rings. The third-order valence-corrected chi connectivity index (χ3v) is 5.80. The Hall–Kier alpha value is -1.88. The molecular formula is C17H17NO3S. The first-order valence-corrected chi connectivity index (χ1v) is 9.46. The maximum absolute atomic E-state index is 12.7. The summed E-state index contributed by atoms with van der Waals surface area (Å²) in [5, 5.41) is 2.05. The second-order valence-electron chi connectivity index (χ2n) is 6.64. The minimum Gasteiger partial charge on any atom is -0.307 e. The van der Waals surface area contributed by atoms with Crippen molar-refractivity contribution in [3.63, 3.8) is 0 Å². The van der Waals surface area contributed by atoms with E-state index in [9.17, 15) is 13.2 Å². The molecule has 0 N–H and O–H groups in total. The van der Waals surface area contributed by atoms with Gasteiger partial charge in [-0.15, -0.1) is 0 Å². The van der Waals surface area contributed by atoms with E-state index in [1.54, 1.807) is 4.90 Å². The Morgan fingerprint density at radius 2 is 1.82 bits per heavy atom. The van der Waals surface area contributed by atoms with Crippen molar-refractivity contribution in [3.05, 3.63) is 42.0 Å². The van der Waals surface area contributed by atoms with Crippen LogP contribution in [-0.4, -0.2) is 32.9 Å². The third kappa shape index (κ3) is 2.11. The summed E-state index contributed by atoms with van der Waals surface area (Å²) in [6.45, 7) is 0.493. The maximum Gasteiger partial charge on any atom is 0.259 e. The highest BCUT2D eigenvalue weighted by Gasteiger charge is 2.48. The predicted molar refractivity (Wildman–Crippen MR) is 87.0 cm³/mol. The second kappa shape index (κ2) is 4.32. The number of amides is 1. The van der Waals surface area contributed by atoms with Crippen LogP contribution in [-0.2, 0) is 9.84 Å². The van der Waals surface area contributed by atoms with Gasteiger partial charge >= 0.3 is 0 Å². The molecule has 0 spiro atoms. The highest BCUT2D eigenvalue weighted by atomic mass is 32.2. The average Bonchev–Trinajstić information content (AvgIpc) is 3.14. The van der Waals surface area contributed by atoms with Gasteiger partial charge in [0, 0.05) is 29.2 Å². The van der Waals surface area contributed by atoms with E-state index in [2.05, 4.69) is 0 Å². The molecule has 0 saturated heterocycles. The van der Waals surface area contributed by atoms with Crippen molar-refractivity contribution in [2.45, 2.75) is 12.8 Å². The number of hydrogen-bond acceptors (Lipinski definition) is 3.